The van der Waals surface area contributed by atoms with E-state index in [2.05, 4.69) is 0 Å². The largest absolute Gasteiger partial charge is 0.334 e. The Morgan fingerprint density at radius 1 is 1.04 bits per heavy atom. The summed E-state index contributed by atoms with van der Waals surface area (Å²) in [6.45, 7) is 4.93. The Balaban J connectivity index is 1.66. The van der Waals surface area contributed by atoms with Crippen molar-refractivity contribution in [2.75, 3.05) is 26.2 Å². The summed E-state index contributed by atoms with van der Waals surface area (Å²) < 4.78 is 26.3. The van der Waals surface area contributed by atoms with Crippen LogP contribution in [-0.4, -0.2) is 72.5 Å². The lowest BCUT2D eigenvalue weighted by molar-refractivity contribution is -0.144. The van der Waals surface area contributed by atoms with Crippen LogP contribution in [0.4, 0.5) is 0 Å². The molecule has 1 aromatic carbocycles. The second kappa shape index (κ2) is 7.40. The Kier molecular flexibility index (Phi) is 5.34. The van der Waals surface area contributed by atoms with Gasteiger partial charge in [-0.2, -0.15) is 4.31 Å². The molecule has 0 atom stereocenters. The molecule has 0 bridgehead atoms. The van der Waals surface area contributed by atoms with Gasteiger partial charge in [0.05, 0.1) is 10.9 Å². The molecule has 146 valence electrons. The number of carbonyl (C=O) groups is 3. The van der Waals surface area contributed by atoms with Gasteiger partial charge in [-0.05, 0) is 24.3 Å². The molecule has 0 saturated carbocycles. The number of hydrogen-bond donors (Lipinski definition) is 0. The molecular weight excluding hydrogens is 370 g/mol. The van der Waals surface area contributed by atoms with Gasteiger partial charge in [0, 0.05) is 44.6 Å². The van der Waals surface area contributed by atoms with Gasteiger partial charge in [0.2, 0.25) is 21.8 Å². The van der Waals surface area contributed by atoms with Gasteiger partial charge in [0.25, 0.3) is 5.91 Å². The Morgan fingerprint density at radius 2 is 1.56 bits per heavy atom. The zero-order valence-corrected chi connectivity index (χ0v) is 16.2. The Hall–Kier alpha value is -2.26. The minimum absolute atomic E-state index is 0.150. The molecule has 9 heteroatoms. The number of amides is 3. The van der Waals surface area contributed by atoms with Crippen LogP contribution in [0.1, 0.15) is 37.0 Å². The molecule has 3 amide bonds. The standard InChI is InChI=1S/C18H23N3O5S/c1-3-20(4-2)27(25,26)15-7-5-13(6-8-15)18(24)19-11-14(12-19)21-16(22)9-10-17(21)23/h5-8,14H,3-4,9-12H2,1-2H3. The van der Waals surface area contributed by atoms with Crippen molar-refractivity contribution in [3.63, 3.8) is 0 Å². The van der Waals surface area contributed by atoms with Crippen molar-refractivity contribution in [1.82, 2.24) is 14.1 Å². The molecule has 0 aliphatic carbocycles. The minimum Gasteiger partial charge on any atom is -0.334 e. The number of likely N-dealkylation sites (tertiary alicyclic amines) is 2. The first-order chi connectivity index (χ1) is 12.8. The molecule has 2 fully saturated rings. The summed E-state index contributed by atoms with van der Waals surface area (Å²) in [7, 11) is -3.56. The van der Waals surface area contributed by atoms with Crippen molar-refractivity contribution in [3.05, 3.63) is 29.8 Å². The molecule has 0 unspecified atom stereocenters. The van der Waals surface area contributed by atoms with Gasteiger partial charge in [-0.25, -0.2) is 8.42 Å². The smallest absolute Gasteiger partial charge is 0.253 e. The van der Waals surface area contributed by atoms with Crippen LogP contribution < -0.4 is 0 Å². The number of nitrogens with zero attached hydrogens (tertiary/aromatic N) is 3. The van der Waals surface area contributed by atoms with Crippen LogP contribution in [-0.2, 0) is 19.6 Å². The first kappa shape index (κ1) is 19.5. The lowest BCUT2D eigenvalue weighted by Gasteiger charge is -2.43. The van der Waals surface area contributed by atoms with E-state index in [0.29, 0.717) is 31.7 Å². The molecule has 2 aliphatic heterocycles. The van der Waals surface area contributed by atoms with Gasteiger partial charge in [-0.15, -0.1) is 0 Å². The fraction of sp³-hybridized carbons (Fsp3) is 0.500. The van der Waals surface area contributed by atoms with Gasteiger partial charge in [-0.1, -0.05) is 13.8 Å². The van der Waals surface area contributed by atoms with E-state index < -0.39 is 10.0 Å². The van der Waals surface area contributed by atoms with Crippen molar-refractivity contribution < 1.29 is 22.8 Å². The maximum Gasteiger partial charge on any atom is 0.253 e. The molecule has 2 saturated heterocycles. The van der Waals surface area contributed by atoms with Crippen molar-refractivity contribution in [1.29, 1.82) is 0 Å². The first-order valence-corrected chi connectivity index (χ1v) is 10.5. The molecule has 0 aromatic heterocycles. The van der Waals surface area contributed by atoms with Gasteiger partial charge >= 0.3 is 0 Å². The molecular formula is C18H23N3O5S. The highest BCUT2D eigenvalue weighted by Gasteiger charge is 2.42. The lowest BCUT2D eigenvalue weighted by Crippen LogP contribution is -2.62. The van der Waals surface area contributed by atoms with E-state index in [4.69, 9.17) is 0 Å². The highest BCUT2D eigenvalue weighted by molar-refractivity contribution is 7.89. The predicted octanol–water partition coefficient (Wildman–Crippen LogP) is 0.690. The lowest BCUT2D eigenvalue weighted by atomic mass is 10.1. The van der Waals surface area contributed by atoms with E-state index in [-0.39, 0.29) is 41.5 Å². The van der Waals surface area contributed by atoms with E-state index in [1.165, 1.54) is 33.5 Å². The number of carbonyl (C=O) groups excluding carboxylic acids is 3. The van der Waals surface area contributed by atoms with Crippen molar-refractivity contribution in [2.45, 2.75) is 37.6 Å². The molecule has 0 radical (unpaired) electrons. The van der Waals surface area contributed by atoms with E-state index in [0.717, 1.165) is 0 Å². The van der Waals surface area contributed by atoms with Gasteiger partial charge < -0.3 is 4.90 Å². The van der Waals surface area contributed by atoms with Crippen LogP contribution in [0.2, 0.25) is 0 Å². The normalized spacial score (nSPS) is 18.3. The van der Waals surface area contributed by atoms with E-state index >= 15 is 0 Å². The third kappa shape index (κ3) is 3.49. The third-order valence-corrected chi connectivity index (χ3v) is 7.11. The Bertz CT molecular complexity index is 839. The maximum atomic E-state index is 12.5. The molecule has 3 rings (SSSR count). The molecule has 0 spiro atoms. The molecule has 1 aromatic rings. The first-order valence-electron chi connectivity index (χ1n) is 9.04. The van der Waals surface area contributed by atoms with E-state index in [1.807, 2.05) is 0 Å². The van der Waals surface area contributed by atoms with Crippen molar-refractivity contribution in [2.24, 2.45) is 0 Å². The monoisotopic (exact) mass is 393 g/mol. The average Bonchev–Trinajstić information content (AvgIpc) is 2.94. The van der Waals surface area contributed by atoms with E-state index in [1.54, 1.807) is 18.7 Å². The van der Waals surface area contributed by atoms with Crippen LogP contribution in [0.5, 0.6) is 0 Å². The second-order valence-corrected chi connectivity index (χ2v) is 8.57. The highest BCUT2D eigenvalue weighted by Crippen LogP contribution is 2.24. The van der Waals surface area contributed by atoms with Crippen LogP contribution in [0.15, 0.2) is 29.2 Å². The van der Waals surface area contributed by atoms with Gasteiger partial charge in [-0.3, -0.25) is 19.3 Å². The van der Waals surface area contributed by atoms with Crippen molar-refractivity contribution in [3.8, 4) is 0 Å². The summed E-state index contributed by atoms with van der Waals surface area (Å²) in [5.41, 5.74) is 0.381. The molecule has 2 heterocycles. The zero-order chi connectivity index (χ0) is 19.8. The highest BCUT2D eigenvalue weighted by atomic mass is 32.2. The number of rotatable bonds is 6. The van der Waals surface area contributed by atoms with Gasteiger partial charge in [0.15, 0.2) is 0 Å². The third-order valence-electron chi connectivity index (χ3n) is 5.05. The second-order valence-electron chi connectivity index (χ2n) is 6.64. The van der Waals surface area contributed by atoms with E-state index in [9.17, 15) is 22.8 Å². The van der Waals surface area contributed by atoms with Crippen LogP contribution in [0.25, 0.3) is 0 Å². The maximum absolute atomic E-state index is 12.5. The predicted molar refractivity (Wildman–Crippen MR) is 97.3 cm³/mol. The van der Waals surface area contributed by atoms with Crippen LogP contribution in [0, 0.1) is 0 Å². The summed E-state index contributed by atoms with van der Waals surface area (Å²) in [4.78, 5) is 39.0. The summed E-state index contributed by atoms with van der Waals surface area (Å²) in [5, 5.41) is 0. The Labute approximate surface area is 158 Å². The topological polar surface area (TPSA) is 95.1 Å². The number of sulfonamides is 1. The fourth-order valence-corrected chi connectivity index (χ4v) is 4.91. The van der Waals surface area contributed by atoms with Crippen molar-refractivity contribution >= 4 is 27.7 Å². The summed E-state index contributed by atoms with van der Waals surface area (Å²) >= 11 is 0. The molecule has 8 nitrogen and oxygen atoms in total. The SMILES string of the molecule is CCN(CC)S(=O)(=O)c1ccc(C(=O)N2CC(N3C(=O)CCC3=O)C2)cc1. The average molecular weight is 393 g/mol. The number of imide groups is 1. The zero-order valence-electron chi connectivity index (χ0n) is 15.4. The quantitative estimate of drug-likeness (QED) is 0.663. The molecule has 2 aliphatic rings. The molecule has 0 N–H and O–H groups in total. The van der Waals surface area contributed by atoms with Crippen LogP contribution in [0.3, 0.4) is 0 Å². The number of benzene rings is 1. The molecule has 27 heavy (non-hydrogen) atoms. The number of hydrogen-bond acceptors (Lipinski definition) is 5. The summed E-state index contributed by atoms with van der Waals surface area (Å²) in [6, 6.07) is 5.62. The van der Waals surface area contributed by atoms with Gasteiger partial charge in [0.1, 0.15) is 0 Å². The summed E-state index contributed by atoms with van der Waals surface area (Å²) in [6.07, 6.45) is 0.484. The Morgan fingerprint density at radius 3 is 2.04 bits per heavy atom. The fourth-order valence-electron chi connectivity index (χ4n) is 3.45. The minimum atomic E-state index is -3.56. The van der Waals surface area contributed by atoms with Crippen LogP contribution >= 0.6 is 0 Å². The summed E-state index contributed by atoms with van der Waals surface area (Å²) in [5.74, 6) is -0.594.